The Balaban J connectivity index is 1.52. The zero-order valence-electron chi connectivity index (χ0n) is 17.3. The van der Waals surface area contributed by atoms with E-state index in [1.807, 2.05) is 30.5 Å². The minimum atomic E-state index is -0.156. The van der Waals surface area contributed by atoms with Crippen molar-refractivity contribution in [3.05, 3.63) is 76.0 Å². The summed E-state index contributed by atoms with van der Waals surface area (Å²) in [6.07, 6.45) is 7.07. The molecule has 6 nitrogen and oxygen atoms in total. The second-order valence-electron chi connectivity index (χ2n) is 8.05. The minimum Gasteiger partial charge on any atom is -0.465 e. The van der Waals surface area contributed by atoms with Crippen LogP contribution in [0.4, 0.5) is 0 Å². The van der Waals surface area contributed by atoms with Gasteiger partial charge in [-0.25, -0.2) is 4.98 Å². The van der Waals surface area contributed by atoms with Crippen molar-refractivity contribution >= 4 is 27.6 Å². The largest absolute Gasteiger partial charge is 0.465 e. The highest BCUT2D eigenvalue weighted by Gasteiger charge is 2.31. The molecular weight excluding hydrogens is 456 g/mol. The molecule has 1 aromatic carbocycles. The zero-order valence-corrected chi connectivity index (χ0v) is 18.9. The normalized spacial score (nSPS) is 17.4. The molecule has 0 radical (unpaired) electrons. The Morgan fingerprint density at radius 3 is 2.87 bits per heavy atom. The number of hydrogen-bond acceptors (Lipinski definition) is 5. The molecule has 7 heteroatoms. The average molecular weight is 479 g/mol. The smallest absolute Gasteiger partial charge is 0.308 e. The van der Waals surface area contributed by atoms with Crippen molar-refractivity contribution in [1.82, 2.24) is 14.5 Å². The van der Waals surface area contributed by atoms with Gasteiger partial charge in [0, 0.05) is 28.1 Å². The molecule has 3 aromatic rings. The van der Waals surface area contributed by atoms with Crippen LogP contribution in [0.2, 0.25) is 0 Å². The van der Waals surface area contributed by atoms with E-state index in [0.717, 1.165) is 64.3 Å². The molecule has 0 bridgehead atoms. The van der Waals surface area contributed by atoms with E-state index in [0.29, 0.717) is 6.61 Å². The van der Waals surface area contributed by atoms with E-state index < -0.39 is 0 Å². The Bertz CT molecular complexity index is 1150. The number of hydrogen-bond donors (Lipinski definition) is 0. The Hall–Kier alpha value is -2.80. The standard InChI is InChI=1S/C24H23BrN4O2/c1-15-14-27-23-20(6-4-12-31-24(30)16-7-8-16)28-22(19-5-2-3-11-26-19)18-13-17(25)9-10-21(18)29(15)23/h2-3,5,9-11,13-14,16,20H,4,6-8,12H2,1H3/t20-/m0/s1. The topological polar surface area (TPSA) is 69.4 Å². The summed E-state index contributed by atoms with van der Waals surface area (Å²) < 4.78 is 8.61. The number of pyridine rings is 1. The predicted molar refractivity (Wildman–Crippen MR) is 122 cm³/mol. The van der Waals surface area contributed by atoms with Gasteiger partial charge in [-0.15, -0.1) is 0 Å². The molecule has 1 aliphatic carbocycles. The highest BCUT2D eigenvalue weighted by Crippen LogP contribution is 2.35. The Morgan fingerprint density at radius 1 is 1.23 bits per heavy atom. The maximum absolute atomic E-state index is 11.9. The van der Waals surface area contributed by atoms with Crippen LogP contribution in [-0.2, 0) is 9.53 Å². The number of nitrogens with zero attached hydrogens (tertiary/aromatic N) is 4. The fourth-order valence-corrected chi connectivity index (χ4v) is 4.33. The fourth-order valence-electron chi connectivity index (χ4n) is 3.97. The van der Waals surface area contributed by atoms with E-state index in [-0.39, 0.29) is 17.9 Å². The number of halogens is 1. The van der Waals surface area contributed by atoms with Crippen LogP contribution in [0, 0.1) is 12.8 Å². The van der Waals surface area contributed by atoms with Gasteiger partial charge in [0.15, 0.2) is 0 Å². The molecular formula is C24H23BrN4O2. The molecule has 2 aliphatic rings. The molecule has 0 amide bonds. The first-order chi connectivity index (χ1) is 15.1. The van der Waals surface area contributed by atoms with Gasteiger partial charge < -0.3 is 4.74 Å². The molecule has 31 heavy (non-hydrogen) atoms. The number of esters is 1. The van der Waals surface area contributed by atoms with Gasteiger partial charge in [-0.05, 0) is 62.9 Å². The summed E-state index contributed by atoms with van der Waals surface area (Å²) in [5.41, 5.74) is 4.79. The van der Waals surface area contributed by atoms with Crippen molar-refractivity contribution < 1.29 is 9.53 Å². The van der Waals surface area contributed by atoms with E-state index in [2.05, 4.69) is 44.5 Å². The number of benzene rings is 1. The Labute approximate surface area is 189 Å². The van der Waals surface area contributed by atoms with E-state index in [1.54, 1.807) is 6.20 Å². The molecule has 1 aliphatic heterocycles. The van der Waals surface area contributed by atoms with Crippen molar-refractivity contribution in [2.75, 3.05) is 6.61 Å². The van der Waals surface area contributed by atoms with Crippen LogP contribution in [0.5, 0.6) is 0 Å². The van der Waals surface area contributed by atoms with Crippen LogP contribution in [0.3, 0.4) is 0 Å². The first kappa shape index (κ1) is 20.1. The van der Waals surface area contributed by atoms with Crippen LogP contribution >= 0.6 is 15.9 Å². The number of carbonyl (C=O) groups excluding carboxylic acids is 1. The summed E-state index contributed by atoms with van der Waals surface area (Å²) in [5, 5.41) is 0. The lowest BCUT2D eigenvalue weighted by molar-refractivity contribution is -0.145. The minimum absolute atomic E-state index is 0.0619. The van der Waals surface area contributed by atoms with E-state index in [4.69, 9.17) is 14.7 Å². The second-order valence-corrected chi connectivity index (χ2v) is 8.96. The zero-order chi connectivity index (χ0) is 21.4. The molecule has 0 N–H and O–H groups in total. The highest BCUT2D eigenvalue weighted by molar-refractivity contribution is 9.10. The average Bonchev–Trinajstić information content (AvgIpc) is 3.58. The third kappa shape index (κ3) is 4.06. The van der Waals surface area contributed by atoms with Crippen LogP contribution in [-0.4, -0.2) is 32.8 Å². The number of aromatic nitrogens is 3. The van der Waals surface area contributed by atoms with Crippen molar-refractivity contribution in [3.8, 4) is 5.69 Å². The molecule has 0 saturated heterocycles. The fraction of sp³-hybridized carbons (Fsp3) is 0.333. The van der Waals surface area contributed by atoms with Gasteiger partial charge in [-0.3, -0.25) is 19.3 Å². The number of imidazole rings is 1. The van der Waals surface area contributed by atoms with Crippen molar-refractivity contribution in [2.24, 2.45) is 10.9 Å². The summed E-state index contributed by atoms with van der Waals surface area (Å²) >= 11 is 3.61. The summed E-state index contributed by atoms with van der Waals surface area (Å²) in [7, 11) is 0. The number of rotatable bonds is 6. The van der Waals surface area contributed by atoms with Crippen LogP contribution in [0.15, 0.2) is 58.3 Å². The lowest BCUT2D eigenvalue weighted by Gasteiger charge is -2.14. The van der Waals surface area contributed by atoms with Gasteiger partial charge in [-0.2, -0.15) is 0 Å². The summed E-state index contributed by atoms with van der Waals surface area (Å²) in [6.45, 7) is 2.47. The first-order valence-electron chi connectivity index (χ1n) is 10.6. The van der Waals surface area contributed by atoms with Gasteiger partial charge in [0.25, 0.3) is 0 Å². The first-order valence-corrected chi connectivity index (χ1v) is 11.4. The van der Waals surface area contributed by atoms with Gasteiger partial charge in [0.05, 0.1) is 29.6 Å². The van der Waals surface area contributed by atoms with Gasteiger partial charge in [-0.1, -0.05) is 22.0 Å². The maximum atomic E-state index is 11.9. The third-order valence-corrected chi connectivity index (χ3v) is 6.18. The van der Waals surface area contributed by atoms with Gasteiger partial charge >= 0.3 is 5.97 Å². The monoisotopic (exact) mass is 478 g/mol. The quantitative estimate of drug-likeness (QED) is 0.370. The third-order valence-electron chi connectivity index (χ3n) is 5.69. The Kier molecular flexibility index (Phi) is 5.44. The predicted octanol–water partition coefficient (Wildman–Crippen LogP) is 4.96. The number of aliphatic imine (C=N–C) groups is 1. The number of ether oxygens (including phenoxy) is 1. The van der Waals surface area contributed by atoms with Crippen molar-refractivity contribution in [2.45, 2.75) is 38.6 Å². The molecule has 0 unspecified atom stereocenters. The van der Waals surface area contributed by atoms with E-state index in [1.165, 1.54) is 0 Å². The van der Waals surface area contributed by atoms with Crippen LogP contribution < -0.4 is 0 Å². The molecule has 2 aromatic heterocycles. The van der Waals surface area contributed by atoms with Crippen LogP contribution in [0.25, 0.3) is 5.69 Å². The number of carbonyl (C=O) groups is 1. The molecule has 3 heterocycles. The molecule has 1 saturated carbocycles. The lowest BCUT2D eigenvalue weighted by atomic mass is 10.0. The van der Waals surface area contributed by atoms with E-state index >= 15 is 0 Å². The van der Waals surface area contributed by atoms with Crippen molar-refractivity contribution in [3.63, 3.8) is 0 Å². The SMILES string of the molecule is Cc1cnc2n1-c1ccc(Br)cc1C(c1ccccn1)=N[C@H]2CCCOC(=O)C1CC1. The molecule has 5 rings (SSSR count). The molecule has 1 fully saturated rings. The Morgan fingerprint density at radius 2 is 2.10 bits per heavy atom. The second kappa shape index (κ2) is 8.38. The number of aryl methyl sites for hydroxylation is 1. The highest BCUT2D eigenvalue weighted by atomic mass is 79.9. The molecule has 1 atom stereocenters. The lowest BCUT2D eigenvalue weighted by Crippen LogP contribution is -2.10. The summed E-state index contributed by atoms with van der Waals surface area (Å²) in [4.78, 5) is 26.3. The maximum Gasteiger partial charge on any atom is 0.308 e. The summed E-state index contributed by atoms with van der Waals surface area (Å²) in [6, 6.07) is 11.9. The number of fused-ring (bicyclic) bond motifs is 3. The van der Waals surface area contributed by atoms with Gasteiger partial charge in [0.1, 0.15) is 11.9 Å². The molecule has 0 spiro atoms. The molecule has 158 valence electrons. The summed E-state index contributed by atoms with van der Waals surface area (Å²) in [5.74, 6) is 0.967. The van der Waals surface area contributed by atoms with Crippen molar-refractivity contribution in [1.29, 1.82) is 0 Å². The van der Waals surface area contributed by atoms with Crippen LogP contribution in [0.1, 0.15) is 54.5 Å². The van der Waals surface area contributed by atoms with E-state index in [9.17, 15) is 4.79 Å². The van der Waals surface area contributed by atoms with Gasteiger partial charge in [0.2, 0.25) is 0 Å².